The summed E-state index contributed by atoms with van der Waals surface area (Å²) in [5.74, 6) is 7.07. The molecule has 0 radical (unpaired) electrons. The van der Waals surface area contributed by atoms with Crippen LogP contribution in [0.5, 0.6) is 0 Å². The Labute approximate surface area is 145 Å². The zero-order valence-corrected chi connectivity index (χ0v) is 15.4. The Morgan fingerprint density at radius 2 is 1.95 bits per heavy atom. The van der Waals surface area contributed by atoms with Crippen LogP contribution >= 0.6 is 24.4 Å². The molecule has 10 atom stereocenters. The molecule has 2 bridgehead atoms. The maximum absolute atomic E-state index is 4.99. The molecule has 0 amide bonds. The van der Waals surface area contributed by atoms with Crippen molar-refractivity contribution in [2.24, 2.45) is 41.4 Å². The molecule has 22 heavy (non-hydrogen) atoms. The van der Waals surface area contributed by atoms with Crippen molar-refractivity contribution in [2.45, 2.75) is 67.6 Å². The zero-order valence-electron chi connectivity index (χ0n) is 13.7. The number of hydrogen-bond acceptors (Lipinski definition) is 2. The lowest BCUT2D eigenvalue weighted by Gasteiger charge is -2.34. The highest BCUT2D eigenvalue weighted by molar-refractivity contribution is 8.00. The lowest BCUT2D eigenvalue weighted by Crippen LogP contribution is -2.30. The summed E-state index contributed by atoms with van der Waals surface area (Å²) in [6.07, 6.45) is 15.3. The summed E-state index contributed by atoms with van der Waals surface area (Å²) < 4.78 is 0. The number of thioether (sulfide) groups is 1. The van der Waals surface area contributed by atoms with Crippen LogP contribution in [0, 0.1) is 41.4 Å². The van der Waals surface area contributed by atoms with Crippen molar-refractivity contribution in [1.82, 2.24) is 0 Å². The van der Waals surface area contributed by atoms with E-state index in [0.717, 1.165) is 51.9 Å². The van der Waals surface area contributed by atoms with Gasteiger partial charge in [-0.05, 0) is 80.0 Å². The SMILES string of the molecule is CCC1CC(SC2CC3CC2C2CC=CC32)C2C(S)CCC12. The lowest BCUT2D eigenvalue weighted by atomic mass is 9.81. The molecular weight excluding hydrogens is 304 g/mol. The van der Waals surface area contributed by atoms with E-state index in [2.05, 4.69) is 30.8 Å². The van der Waals surface area contributed by atoms with Gasteiger partial charge < -0.3 is 0 Å². The minimum atomic E-state index is 0.707. The van der Waals surface area contributed by atoms with E-state index in [1.807, 2.05) is 0 Å². The van der Waals surface area contributed by atoms with Crippen molar-refractivity contribution in [1.29, 1.82) is 0 Å². The van der Waals surface area contributed by atoms with Crippen LogP contribution in [0.1, 0.15) is 51.9 Å². The molecule has 0 aliphatic heterocycles. The Hall–Kier alpha value is 0.440. The van der Waals surface area contributed by atoms with Gasteiger partial charge >= 0.3 is 0 Å². The van der Waals surface area contributed by atoms with Crippen molar-refractivity contribution in [3.8, 4) is 0 Å². The van der Waals surface area contributed by atoms with Gasteiger partial charge in [-0.25, -0.2) is 0 Å². The fourth-order valence-electron chi connectivity index (χ4n) is 7.23. The molecule has 0 aromatic carbocycles. The van der Waals surface area contributed by atoms with Gasteiger partial charge in [-0.1, -0.05) is 25.5 Å². The maximum Gasteiger partial charge on any atom is 0.00941 e. The fourth-order valence-corrected chi connectivity index (χ4v) is 10.2. The topological polar surface area (TPSA) is 0 Å². The first-order valence-corrected chi connectivity index (χ1v) is 11.2. The summed E-state index contributed by atoms with van der Waals surface area (Å²) in [6, 6.07) is 0. The smallest absolute Gasteiger partial charge is 0.00941 e. The monoisotopic (exact) mass is 334 g/mol. The molecule has 4 fully saturated rings. The van der Waals surface area contributed by atoms with E-state index in [9.17, 15) is 0 Å². The minimum absolute atomic E-state index is 0.707. The molecule has 5 aliphatic carbocycles. The highest BCUT2D eigenvalue weighted by Gasteiger charge is 2.55. The standard InChI is InChI=1S/C20H30S2/c1-2-11-9-19(20-14(11)6-7-17(20)21)22-18-10-12-8-16(18)15-5-3-4-13(12)15/h3-4,11-21H,2,5-10H2,1H3. The van der Waals surface area contributed by atoms with E-state index >= 15 is 0 Å². The highest BCUT2D eigenvalue weighted by Crippen LogP contribution is 2.62. The number of rotatable bonds is 3. The molecule has 5 rings (SSSR count). The number of thiol groups is 1. The van der Waals surface area contributed by atoms with Gasteiger partial charge in [-0.3, -0.25) is 0 Å². The van der Waals surface area contributed by atoms with Crippen LogP contribution in [0.25, 0.3) is 0 Å². The summed E-state index contributed by atoms with van der Waals surface area (Å²) in [5, 5.41) is 2.64. The third-order valence-corrected chi connectivity index (χ3v) is 10.5. The van der Waals surface area contributed by atoms with Crippen LogP contribution in [0.3, 0.4) is 0 Å². The van der Waals surface area contributed by atoms with E-state index in [1.54, 1.807) is 6.42 Å². The molecule has 0 aromatic heterocycles. The van der Waals surface area contributed by atoms with Gasteiger partial charge in [0.25, 0.3) is 0 Å². The van der Waals surface area contributed by atoms with Crippen LogP contribution in [0.15, 0.2) is 12.2 Å². The second kappa shape index (κ2) is 5.48. The predicted molar refractivity (Wildman–Crippen MR) is 99.5 cm³/mol. The van der Waals surface area contributed by atoms with E-state index in [0.29, 0.717) is 5.25 Å². The largest absolute Gasteiger partial charge is 0.176 e. The van der Waals surface area contributed by atoms with Crippen molar-refractivity contribution in [3.05, 3.63) is 12.2 Å². The average Bonchev–Trinajstić information content (AvgIpc) is 3.25. The van der Waals surface area contributed by atoms with Crippen molar-refractivity contribution in [3.63, 3.8) is 0 Å². The Bertz CT molecular complexity index is 472. The first kappa shape index (κ1) is 14.8. The first-order chi connectivity index (χ1) is 10.8. The Kier molecular flexibility index (Phi) is 3.67. The molecule has 0 nitrogen and oxygen atoms in total. The Balaban J connectivity index is 1.31. The number of fused-ring (bicyclic) bond motifs is 6. The molecule has 0 heterocycles. The van der Waals surface area contributed by atoms with E-state index in [-0.39, 0.29) is 0 Å². The summed E-state index contributed by atoms with van der Waals surface area (Å²) >= 11 is 7.44. The van der Waals surface area contributed by atoms with Crippen molar-refractivity contribution in [2.75, 3.05) is 0 Å². The fraction of sp³-hybridized carbons (Fsp3) is 0.900. The normalized spacial score (nSPS) is 58.5. The van der Waals surface area contributed by atoms with Crippen LogP contribution < -0.4 is 0 Å². The molecule has 0 N–H and O–H groups in total. The quantitative estimate of drug-likeness (QED) is 0.529. The average molecular weight is 335 g/mol. The van der Waals surface area contributed by atoms with E-state index in [4.69, 9.17) is 12.6 Å². The zero-order chi connectivity index (χ0) is 14.8. The van der Waals surface area contributed by atoms with Crippen LogP contribution in [0.2, 0.25) is 0 Å². The van der Waals surface area contributed by atoms with Crippen molar-refractivity contribution < 1.29 is 0 Å². The molecule has 122 valence electrons. The van der Waals surface area contributed by atoms with Gasteiger partial charge in [0.05, 0.1) is 0 Å². The summed E-state index contributed by atoms with van der Waals surface area (Å²) in [7, 11) is 0. The van der Waals surface area contributed by atoms with Crippen molar-refractivity contribution >= 4 is 24.4 Å². The molecule has 10 unspecified atom stereocenters. The second-order valence-corrected chi connectivity index (χ2v) is 10.9. The van der Waals surface area contributed by atoms with Gasteiger partial charge in [0, 0.05) is 15.7 Å². The van der Waals surface area contributed by atoms with Gasteiger partial charge in [-0.2, -0.15) is 24.4 Å². The summed E-state index contributed by atoms with van der Waals surface area (Å²) in [4.78, 5) is 0. The second-order valence-electron chi connectivity index (χ2n) is 8.80. The van der Waals surface area contributed by atoms with Gasteiger partial charge in [0.15, 0.2) is 0 Å². The Morgan fingerprint density at radius 3 is 2.82 bits per heavy atom. The third kappa shape index (κ3) is 2.05. The first-order valence-electron chi connectivity index (χ1n) is 9.76. The molecule has 0 aromatic rings. The molecule has 2 heteroatoms. The van der Waals surface area contributed by atoms with Gasteiger partial charge in [0.2, 0.25) is 0 Å². The summed E-state index contributed by atoms with van der Waals surface area (Å²) in [5.41, 5.74) is 0. The predicted octanol–water partition coefficient (Wildman–Crippen LogP) is 5.44. The van der Waals surface area contributed by atoms with Gasteiger partial charge in [0.1, 0.15) is 0 Å². The van der Waals surface area contributed by atoms with Gasteiger partial charge in [-0.15, -0.1) is 0 Å². The third-order valence-electron chi connectivity index (χ3n) is 8.12. The number of allylic oxidation sites excluding steroid dienone is 2. The highest BCUT2D eigenvalue weighted by atomic mass is 32.2. The molecule has 0 spiro atoms. The van der Waals surface area contributed by atoms with E-state index in [1.165, 1.54) is 38.5 Å². The number of hydrogen-bond donors (Lipinski definition) is 1. The summed E-state index contributed by atoms with van der Waals surface area (Å²) in [6.45, 7) is 2.42. The lowest BCUT2D eigenvalue weighted by molar-refractivity contribution is 0.292. The molecule has 0 saturated heterocycles. The van der Waals surface area contributed by atoms with Crippen LogP contribution in [0.4, 0.5) is 0 Å². The maximum atomic E-state index is 4.99. The molecule has 5 aliphatic rings. The molecule has 4 saturated carbocycles. The van der Waals surface area contributed by atoms with Crippen LogP contribution in [-0.2, 0) is 0 Å². The minimum Gasteiger partial charge on any atom is -0.176 e. The molecular formula is C20H30S2. The van der Waals surface area contributed by atoms with E-state index < -0.39 is 0 Å². The Morgan fingerprint density at radius 1 is 1.05 bits per heavy atom. The van der Waals surface area contributed by atoms with Crippen LogP contribution in [-0.4, -0.2) is 15.7 Å².